The zero-order valence-electron chi connectivity index (χ0n) is 7.78. The number of ether oxygens (including phenoxy) is 1. The average Bonchev–Trinajstić information content (AvgIpc) is 2.03. The van der Waals surface area contributed by atoms with E-state index in [0.717, 1.165) is 6.42 Å². The Bertz CT molecular complexity index is 143. The van der Waals surface area contributed by atoms with E-state index in [0.29, 0.717) is 13.2 Å². The van der Waals surface area contributed by atoms with Gasteiger partial charge < -0.3 is 9.29 Å². The lowest BCUT2D eigenvalue weighted by atomic mass is 10.3. The molecule has 4 nitrogen and oxygen atoms in total. The van der Waals surface area contributed by atoms with Crippen LogP contribution in [-0.2, 0) is 16.0 Å². The van der Waals surface area contributed by atoms with Crippen LogP contribution in [0.1, 0.15) is 20.3 Å². The maximum absolute atomic E-state index is 10.4. The van der Waals surface area contributed by atoms with E-state index in [4.69, 9.17) is 4.74 Å². The third-order valence-corrected chi connectivity index (χ3v) is 2.23. The third kappa shape index (κ3) is 4.82. The molecule has 0 aliphatic rings. The maximum Gasteiger partial charge on any atom is 0.0708 e. The van der Waals surface area contributed by atoms with Gasteiger partial charge in [-0.3, -0.25) is 4.21 Å². The predicted molar refractivity (Wildman–Crippen MR) is 47.3 cm³/mol. The quantitative estimate of drug-likeness (QED) is 0.579. The molecule has 0 rings (SSSR count). The lowest BCUT2D eigenvalue weighted by Crippen LogP contribution is -2.31. The number of likely N-dealkylation sites (N-methyl/N-ethyl adjacent to an activating group) is 1. The summed E-state index contributed by atoms with van der Waals surface area (Å²) in [6.07, 6.45) is 0.841. The molecule has 2 atom stereocenters. The molecule has 1 unspecified atom stereocenters. The molecule has 0 N–H and O–H groups in total. The first-order valence-electron chi connectivity index (χ1n) is 4.03. The molecule has 0 spiro atoms. The van der Waals surface area contributed by atoms with Crippen molar-refractivity contribution in [2.75, 3.05) is 20.2 Å². The summed E-state index contributed by atoms with van der Waals surface area (Å²) >= 11 is -2.13. The Kier molecular flexibility index (Phi) is 6.55. The molecule has 0 aliphatic carbocycles. The van der Waals surface area contributed by atoms with E-state index < -0.39 is 11.3 Å². The molecular weight excluding hydrogens is 178 g/mol. The molecule has 0 aliphatic heterocycles. The highest BCUT2D eigenvalue weighted by Gasteiger charge is 2.08. The fraction of sp³-hybridized carbons (Fsp3) is 1.00. The van der Waals surface area contributed by atoms with Crippen molar-refractivity contribution in [1.82, 2.24) is 4.31 Å². The second kappa shape index (κ2) is 6.54. The molecule has 0 radical (unpaired) electrons. The van der Waals surface area contributed by atoms with Gasteiger partial charge in [-0.1, -0.05) is 6.92 Å². The highest BCUT2D eigenvalue weighted by atomic mass is 32.2. The van der Waals surface area contributed by atoms with Crippen molar-refractivity contribution >= 4 is 11.3 Å². The Morgan fingerprint density at radius 2 is 2.17 bits per heavy atom. The van der Waals surface area contributed by atoms with Gasteiger partial charge >= 0.3 is 0 Å². The summed E-state index contributed by atoms with van der Waals surface area (Å²) < 4.78 is 27.4. The van der Waals surface area contributed by atoms with E-state index in [-0.39, 0.29) is 6.10 Å². The Morgan fingerprint density at radius 1 is 1.58 bits per heavy atom. The van der Waals surface area contributed by atoms with E-state index in [1.54, 1.807) is 0 Å². The van der Waals surface area contributed by atoms with E-state index in [1.807, 2.05) is 13.8 Å². The second-order valence-corrected chi connectivity index (χ2v) is 3.57. The largest absolute Gasteiger partial charge is 0.760 e. The first-order valence-corrected chi connectivity index (χ1v) is 5.07. The monoisotopic (exact) mass is 194 g/mol. The van der Waals surface area contributed by atoms with Gasteiger partial charge in [0.1, 0.15) is 0 Å². The SMILES string of the molecule is CCO[C@@H](CC)CN(C)S(=O)[O-]. The van der Waals surface area contributed by atoms with Crippen molar-refractivity contribution in [3.8, 4) is 0 Å². The zero-order valence-corrected chi connectivity index (χ0v) is 8.60. The first kappa shape index (κ1) is 12.0. The number of hydrogen-bond acceptors (Lipinski definition) is 3. The van der Waals surface area contributed by atoms with Gasteiger partial charge in [0, 0.05) is 24.4 Å². The Balaban J connectivity index is 3.76. The Labute approximate surface area is 76.3 Å². The van der Waals surface area contributed by atoms with Crippen molar-refractivity contribution in [2.24, 2.45) is 0 Å². The summed E-state index contributed by atoms with van der Waals surface area (Å²) in [7, 11) is 1.53. The van der Waals surface area contributed by atoms with Crippen LogP contribution in [0.3, 0.4) is 0 Å². The normalized spacial score (nSPS) is 16.4. The minimum absolute atomic E-state index is 0.0119. The fourth-order valence-corrected chi connectivity index (χ4v) is 1.17. The van der Waals surface area contributed by atoms with Crippen molar-refractivity contribution in [3.05, 3.63) is 0 Å². The smallest absolute Gasteiger partial charge is 0.0708 e. The van der Waals surface area contributed by atoms with Gasteiger partial charge in [0.15, 0.2) is 0 Å². The molecule has 0 aromatic rings. The lowest BCUT2D eigenvalue weighted by Gasteiger charge is -2.24. The van der Waals surface area contributed by atoms with Crippen LogP contribution >= 0.6 is 0 Å². The minimum Gasteiger partial charge on any atom is -0.760 e. The van der Waals surface area contributed by atoms with Gasteiger partial charge in [-0.2, -0.15) is 0 Å². The molecule has 0 aromatic heterocycles. The molecule has 5 heteroatoms. The fourth-order valence-electron chi connectivity index (χ4n) is 0.883. The van der Waals surface area contributed by atoms with Crippen molar-refractivity contribution in [1.29, 1.82) is 0 Å². The minimum atomic E-state index is -2.13. The van der Waals surface area contributed by atoms with Gasteiger partial charge in [-0.15, -0.1) is 0 Å². The highest BCUT2D eigenvalue weighted by Crippen LogP contribution is 2.00. The summed E-state index contributed by atoms with van der Waals surface area (Å²) in [6.45, 7) is 4.93. The van der Waals surface area contributed by atoms with Crippen LogP contribution in [0.4, 0.5) is 0 Å². The molecule has 0 fully saturated rings. The summed E-state index contributed by atoms with van der Waals surface area (Å²) in [5, 5.41) is 0. The highest BCUT2D eigenvalue weighted by molar-refractivity contribution is 7.76. The van der Waals surface area contributed by atoms with Crippen LogP contribution in [0.2, 0.25) is 0 Å². The predicted octanol–water partition coefficient (Wildman–Crippen LogP) is 0.527. The van der Waals surface area contributed by atoms with E-state index in [2.05, 4.69) is 0 Å². The van der Waals surface area contributed by atoms with Crippen LogP contribution in [0.5, 0.6) is 0 Å². The second-order valence-electron chi connectivity index (χ2n) is 2.51. The summed E-state index contributed by atoms with van der Waals surface area (Å²) in [5.74, 6) is 0. The molecule has 74 valence electrons. The number of nitrogens with zero attached hydrogens (tertiary/aromatic N) is 1. The van der Waals surface area contributed by atoms with Crippen LogP contribution in [-0.4, -0.2) is 39.4 Å². The Morgan fingerprint density at radius 3 is 2.50 bits per heavy atom. The van der Waals surface area contributed by atoms with Gasteiger partial charge in [-0.25, -0.2) is 4.31 Å². The molecule has 0 aromatic carbocycles. The van der Waals surface area contributed by atoms with E-state index >= 15 is 0 Å². The Hall–Kier alpha value is 0.0300. The number of rotatable bonds is 6. The molecule has 0 saturated heterocycles. The van der Waals surface area contributed by atoms with Crippen molar-refractivity contribution < 1.29 is 13.5 Å². The van der Waals surface area contributed by atoms with Crippen molar-refractivity contribution in [3.63, 3.8) is 0 Å². The summed E-state index contributed by atoms with van der Waals surface area (Å²) in [6, 6.07) is 0. The summed E-state index contributed by atoms with van der Waals surface area (Å²) in [5.41, 5.74) is 0. The molecular formula is C7H16NO3S-. The number of hydrogen-bond donors (Lipinski definition) is 0. The van der Waals surface area contributed by atoms with Crippen LogP contribution in [0, 0.1) is 0 Å². The standard InChI is InChI=1S/C7H17NO3S/c1-4-7(11-5-2)6-8(3)12(9)10/h7H,4-6H2,1-3H3,(H,9,10)/p-1/t7-/m0/s1. The van der Waals surface area contributed by atoms with Crippen molar-refractivity contribution in [2.45, 2.75) is 26.4 Å². The van der Waals surface area contributed by atoms with Crippen LogP contribution < -0.4 is 0 Å². The lowest BCUT2D eigenvalue weighted by molar-refractivity contribution is 0.0497. The molecule has 0 amide bonds. The molecule has 0 bridgehead atoms. The van der Waals surface area contributed by atoms with Gasteiger partial charge in [-0.05, 0) is 20.4 Å². The zero-order chi connectivity index (χ0) is 9.56. The molecule has 12 heavy (non-hydrogen) atoms. The van der Waals surface area contributed by atoms with Crippen LogP contribution in [0.15, 0.2) is 0 Å². The van der Waals surface area contributed by atoms with Gasteiger partial charge in [0.25, 0.3) is 0 Å². The topological polar surface area (TPSA) is 52.6 Å². The van der Waals surface area contributed by atoms with Crippen LogP contribution in [0.25, 0.3) is 0 Å². The molecule has 0 saturated carbocycles. The first-order chi connectivity index (χ1) is 5.61. The van der Waals surface area contributed by atoms with E-state index in [9.17, 15) is 8.76 Å². The molecule has 0 heterocycles. The van der Waals surface area contributed by atoms with Gasteiger partial charge in [0.2, 0.25) is 0 Å². The average molecular weight is 194 g/mol. The third-order valence-electron chi connectivity index (χ3n) is 1.57. The van der Waals surface area contributed by atoms with Gasteiger partial charge in [0.05, 0.1) is 6.10 Å². The summed E-state index contributed by atoms with van der Waals surface area (Å²) in [4.78, 5) is 0. The van der Waals surface area contributed by atoms with E-state index in [1.165, 1.54) is 11.4 Å². The maximum atomic E-state index is 10.4.